The van der Waals surface area contributed by atoms with E-state index in [1.807, 2.05) is 13.8 Å². The van der Waals surface area contributed by atoms with E-state index in [0.29, 0.717) is 0 Å². The fourth-order valence-corrected chi connectivity index (χ4v) is 3.16. The van der Waals surface area contributed by atoms with Gasteiger partial charge in [0.2, 0.25) is 11.8 Å². The van der Waals surface area contributed by atoms with Gasteiger partial charge in [-0.25, -0.2) is 0 Å². The Morgan fingerprint density at radius 2 is 1.94 bits per heavy atom. The Morgan fingerprint density at radius 3 is 2.50 bits per heavy atom. The third kappa shape index (κ3) is 2.68. The Labute approximate surface area is 109 Å². The first-order valence-corrected chi connectivity index (χ1v) is 6.99. The zero-order chi connectivity index (χ0) is 13.3. The molecule has 2 rings (SSSR count). The molecule has 4 nitrogen and oxygen atoms in total. The second-order valence-corrected chi connectivity index (χ2v) is 6.50. The van der Waals surface area contributed by atoms with Crippen molar-refractivity contribution in [2.45, 2.75) is 52.5 Å². The number of carbonyl (C=O) groups excluding carboxylic acids is 2. The van der Waals surface area contributed by atoms with Gasteiger partial charge in [-0.15, -0.1) is 0 Å². The molecule has 0 bridgehead atoms. The Bertz CT molecular complexity index is 346. The maximum Gasteiger partial charge on any atom is 0.245 e. The summed E-state index contributed by atoms with van der Waals surface area (Å²) in [7, 11) is 0. The van der Waals surface area contributed by atoms with Crippen LogP contribution in [0.3, 0.4) is 0 Å². The number of amides is 2. The van der Waals surface area contributed by atoms with Crippen LogP contribution in [0.1, 0.15) is 46.5 Å². The Kier molecular flexibility index (Phi) is 3.64. The van der Waals surface area contributed by atoms with Crippen molar-refractivity contribution in [3.05, 3.63) is 0 Å². The van der Waals surface area contributed by atoms with Gasteiger partial charge in [0.1, 0.15) is 6.04 Å². The molecule has 1 atom stereocenters. The van der Waals surface area contributed by atoms with Crippen molar-refractivity contribution in [1.82, 2.24) is 10.2 Å². The van der Waals surface area contributed by atoms with Crippen molar-refractivity contribution in [1.29, 1.82) is 0 Å². The minimum Gasteiger partial charge on any atom is -0.343 e. The van der Waals surface area contributed by atoms with E-state index >= 15 is 0 Å². The van der Waals surface area contributed by atoms with E-state index in [1.54, 1.807) is 4.90 Å². The summed E-state index contributed by atoms with van der Waals surface area (Å²) in [6, 6.07) is -0.337. The molecule has 1 aliphatic heterocycles. The molecule has 2 fully saturated rings. The first-order chi connectivity index (χ1) is 8.41. The summed E-state index contributed by atoms with van der Waals surface area (Å²) in [6.07, 6.45) is 4.84. The molecule has 0 aromatic carbocycles. The first kappa shape index (κ1) is 13.4. The predicted molar refractivity (Wildman–Crippen MR) is 69.9 cm³/mol. The van der Waals surface area contributed by atoms with Gasteiger partial charge in [0.05, 0.1) is 6.54 Å². The lowest BCUT2D eigenvalue weighted by Gasteiger charge is -2.38. The molecule has 102 valence electrons. The molecule has 0 aromatic rings. The average Bonchev–Trinajstić information content (AvgIpc) is 2.69. The van der Waals surface area contributed by atoms with Gasteiger partial charge in [0.15, 0.2) is 0 Å². The molecule has 1 unspecified atom stereocenters. The van der Waals surface area contributed by atoms with E-state index in [2.05, 4.69) is 12.2 Å². The molecule has 18 heavy (non-hydrogen) atoms. The zero-order valence-electron chi connectivity index (χ0n) is 11.7. The first-order valence-electron chi connectivity index (χ1n) is 6.99. The Morgan fingerprint density at radius 1 is 1.33 bits per heavy atom. The third-order valence-electron chi connectivity index (χ3n) is 4.28. The molecule has 1 saturated carbocycles. The molecule has 0 radical (unpaired) electrons. The number of hydrogen-bond acceptors (Lipinski definition) is 2. The standard InChI is InChI=1S/C14H24N2O2/c1-10(2)12-13(18)16(8-11(17)15-12)9-14(3)6-4-5-7-14/h10,12H,4-9H2,1-3H3,(H,15,17). The minimum absolute atomic E-state index is 0.0186. The van der Waals surface area contributed by atoms with Crippen molar-refractivity contribution >= 4 is 11.8 Å². The molecule has 1 aliphatic carbocycles. The largest absolute Gasteiger partial charge is 0.343 e. The fraction of sp³-hybridized carbons (Fsp3) is 0.857. The van der Waals surface area contributed by atoms with Gasteiger partial charge in [-0.05, 0) is 24.2 Å². The molecule has 2 amide bonds. The lowest BCUT2D eigenvalue weighted by Crippen LogP contribution is -2.61. The highest BCUT2D eigenvalue weighted by atomic mass is 16.2. The fourth-order valence-electron chi connectivity index (χ4n) is 3.16. The van der Waals surface area contributed by atoms with E-state index in [-0.39, 0.29) is 35.7 Å². The maximum absolute atomic E-state index is 12.4. The average molecular weight is 252 g/mol. The zero-order valence-corrected chi connectivity index (χ0v) is 11.7. The second kappa shape index (κ2) is 4.90. The van der Waals surface area contributed by atoms with Crippen LogP contribution in [0.25, 0.3) is 0 Å². The van der Waals surface area contributed by atoms with Crippen LogP contribution in [0.2, 0.25) is 0 Å². The van der Waals surface area contributed by atoms with Gasteiger partial charge in [-0.1, -0.05) is 33.6 Å². The van der Waals surface area contributed by atoms with Crippen LogP contribution in [-0.4, -0.2) is 35.8 Å². The van der Waals surface area contributed by atoms with Gasteiger partial charge in [0, 0.05) is 6.54 Å². The quantitative estimate of drug-likeness (QED) is 0.828. The maximum atomic E-state index is 12.4. The van der Waals surface area contributed by atoms with E-state index in [9.17, 15) is 9.59 Å². The van der Waals surface area contributed by atoms with E-state index in [1.165, 1.54) is 25.7 Å². The molecular formula is C14H24N2O2. The third-order valence-corrected chi connectivity index (χ3v) is 4.28. The monoisotopic (exact) mass is 252 g/mol. The summed E-state index contributed by atoms with van der Waals surface area (Å²) in [5.41, 5.74) is 0.217. The number of nitrogens with one attached hydrogen (secondary N) is 1. The van der Waals surface area contributed by atoms with Crippen molar-refractivity contribution in [3.8, 4) is 0 Å². The Balaban J connectivity index is 2.06. The van der Waals surface area contributed by atoms with E-state index < -0.39 is 0 Å². The SMILES string of the molecule is CC(C)C1NC(=O)CN(CC2(C)CCCC2)C1=O. The normalized spacial score (nSPS) is 27.8. The number of hydrogen-bond donors (Lipinski definition) is 1. The number of nitrogens with zero attached hydrogens (tertiary/aromatic N) is 1. The highest BCUT2D eigenvalue weighted by Crippen LogP contribution is 2.38. The summed E-state index contributed by atoms with van der Waals surface area (Å²) in [5, 5.41) is 2.80. The summed E-state index contributed by atoms with van der Waals surface area (Å²) in [6.45, 7) is 7.16. The van der Waals surface area contributed by atoms with E-state index in [4.69, 9.17) is 0 Å². The predicted octanol–water partition coefficient (Wildman–Crippen LogP) is 1.55. The second-order valence-electron chi connectivity index (χ2n) is 6.50. The molecule has 2 aliphatic rings. The summed E-state index contributed by atoms with van der Waals surface area (Å²) in [4.78, 5) is 25.8. The highest BCUT2D eigenvalue weighted by Gasteiger charge is 2.39. The van der Waals surface area contributed by atoms with Crippen LogP contribution in [0.5, 0.6) is 0 Å². The van der Waals surface area contributed by atoms with Crippen LogP contribution in [0, 0.1) is 11.3 Å². The summed E-state index contributed by atoms with van der Waals surface area (Å²) < 4.78 is 0. The van der Waals surface area contributed by atoms with Crippen LogP contribution in [0.4, 0.5) is 0 Å². The molecule has 1 N–H and O–H groups in total. The smallest absolute Gasteiger partial charge is 0.245 e. The van der Waals surface area contributed by atoms with Crippen LogP contribution in [0.15, 0.2) is 0 Å². The summed E-state index contributed by atoms with van der Waals surface area (Å²) >= 11 is 0. The van der Waals surface area contributed by atoms with Gasteiger partial charge in [-0.3, -0.25) is 9.59 Å². The topological polar surface area (TPSA) is 49.4 Å². The summed E-state index contributed by atoms with van der Waals surface area (Å²) in [5.74, 6) is 0.230. The van der Waals surface area contributed by atoms with E-state index in [0.717, 1.165) is 6.54 Å². The molecule has 0 spiro atoms. The van der Waals surface area contributed by atoms with Crippen molar-refractivity contribution in [3.63, 3.8) is 0 Å². The van der Waals surface area contributed by atoms with Crippen molar-refractivity contribution in [2.75, 3.05) is 13.1 Å². The Hall–Kier alpha value is -1.06. The molecular weight excluding hydrogens is 228 g/mol. The lowest BCUT2D eigenvalue weighted by atomic mass is 9.87. The van der Waals surface area contributed by atoms with Crippen molar-refractivity contribution < 1.29 is 9.59 Å². The molecule has 1 saturated heterocycles. The lowest BCUT2D eigenvalue weighted by molar-refractivity contribution is -0.147. The van der Waals surface area contributed by atoms with Gasteiger partial charge >= 0.3 is 0 Å². The van der Waals surface area contributed by atoms with Gasteiger partial charge in [-0.2, -0.15) is 0 Å². The van der Waals surface area contributed by atoms with Crippen LogP contribution >= 0.6 is 0 Å². The minimum atomic E-state index is -0.337. The molecule has 0 aromatic heterocycles. The highest BCUT2D eigenvalue weighted by molar-refractivity contribution is 5.95. The number of rotatable bonds is 3. The molecule has 4 heteroatoms. The van der Waals surface area contributed by atoms with Gasteiger partial charge in [0.25, 0.3) is 0 Å². The van der Waals surface area contributed by atoms with Crippen molar-refractivity contribution in [2.24, 2.45) is 11.3 Å². The number of piperazine rings is 1. The van der Waals surface area contributed by atoms with Gasteiger partial charge < -0.3 is 10.2 Å². The number of carbonyl (C=O) groups is 2. The van der Waals surface area contributed by atoms with Crippen LogP contribution < -0.4 is 5.32 Å². The van der Waals surface area contributed by atoms with Crippen LogP contribution in [-0.2, 0) is 9.59 Å². The molecule has 1 heterocycles.